The van der Waals surface area contributed by atoms with E-state index in [1.54, 1.807) is 4.68 Å². The Balaban J connectivity index is 1.87. The van der Waals surface area contributed by atoms with Crippen molar-refractivity contribution in [1.82, 2.24) is 9.78 Å². The average molecular weight is 386 g/mol. The zero-order valence-corrected chi connectivity index (χ0v) is 16.6. The number of hydrogen-bond acceptors (Lipinski definition) is 5. The van der Waals surface area contributed by atoms with Crippen LogP contribution < -0.4 is 15.2 Å². The molecule has 3 aromatic rings. The molecule has 2 N–H and O–H groups in total. The van der Waals surface area contributed by atoms with Crippen LogP contribution >= 0.6 is 0 Å². The minimum Gasteiger partial charge on any atom is -0.494 e. The van der Waals surface area contributed by atoms with E-state index in [1.165, 1.54) is 0 Å². The van der Waals surface area contributed by atoms with Gasteiger partial charge in [0.1, 0.15) is 17.4 Å². The lowest BCUT2D eigenvalue weighted by molar-refractivity contribution is 0.340. The quantitative estimate of drug-likeness (QED) is 0.729. The van der Waals surface area contributed by atoms with Crippen LogP contribution in [0.5, 0.6) is 11.6 Å². The summed E-state index contributed by atoms with van der Waals surface area (Å²) in [5.74, 6) is 1.08. The lowest BCUT2D eigenvalue weighted by Gasteiger charge is -2.25. The number of nitrogens with zero attached hydrogens (tertiary/aromatic N) is 3. The SMILES string of the molecule is CCOc1ccc([C@@H]2C(C#N)=C(N)Oc3c2c(C)nn3-c2ccc(C)cc2)cc1. The van der Waals surface area contributed by atoms with Crippen LogP contribution in [0.3, 0.4) is 0 Å². The maximum absolute atomic E-state index is 9.78. The number of fused-ring (bicyclic) bond motifs is 1. The Morgan fingerprint density at radius 1 is 1.14 bits per heavy atom. The molecule has 1 atom stereocenters. The summed E-state index contributed by atoms with van der Waals surface area (Å²) in [5.41, 5.74) is 11.1. The fourth-order valence-electron chi connectivity index (χ4n) is 3.63. The van der Waals surface area contributed by atoms with Gasteiger partial charge in [-0.25, -0.2) is 4.68 Å². The monoisotopic (exact) mass is 386 g/mol. The third kappa shape index (κ3) is 3.21. The number of ether oxygens (including phenoxy) is 2. The van der Waals surface area contributed by atoms with Crippen molar-refractivity contribution in [3.63, 3.8) is 0 Å². The third-order valence-corrected chi connectivity index (χ3v) is 5.04. The van der Waals surface area contributed by atoms with E-state index in [0.717, 1.165) is 33.8 Å². The number of allylic oxidation sites excluding steroid dienone is 1. The van der Waals surface area contributed by atoms with Gasteiger partial charge in [-0.1, -0.05) is 29.8 Å². The molecule has 6 nitrogen and oxygen atoms in total. The van der Waals surface area contributed by atoms with Crippen LogP contribution in [0.4, 0.5) is 0 Å². The first-order valence-corrected chi connectivity index (χ1v) is 9.50. The first-order valence-electron chi connectivity index (χ1n) is 9.50. The number of rotatable bonds is 4. The predicted molar refractivity (Wildman–Crippen MR) is 110 cm³/mol. The van der Waals surface area contributed by atoms with Crippen LogP contribution in [0.15, 0.2) is 60.0 Å². The van der Waals surface area contributed by atoms with Crippen molar-refractivity contribution in [1.29, 1.82) is 5.26 Å². The summed E-state index contributed by atoms with van der Waals surface area (Å²) in [6.07, 6.45) is 0. The van der Waals surface area contributed by atoms with E-state index in [1.807, 2.05) is 69.3 Å². The summed E-state index contributed by atoms with van der Waals surface area (Å²) < 4.78 is 13.2. The highest BCUT2D eigenvalue weighted by atomic mass is 16.5. The molecule has 0 bridgehead atoms. The van der Waals surface area contributed by atoms with Crippen molar-refractivity contribution in [2.45, 2.75) is 26.7 Å². The second-order valence-electron chi connectivity index (χ2n) is 6.98. The minimum atomic E-state index is -0.348. The maximum atomic E-state index is 9.78. The molecule has 29 heavy (non-hydrogen) atoms. The van der Waals surface area contributed by atoms with Crippen LogP contribution in [-0.2, 0) is 0 Å². The summed E-state index contributed by atoms with van der Waals surface area (Å²) in [4.78, 5) is 0. The van der Waals surface area contributed by atoms with Crippen molar-refractivity contribution in [3.05, 3.63) is 82.4 Å². The van der Waals surface area contributed by atoms with E-state index in [4.69, 9.17) is 20.3 Å². The van der Waals surface area contributed by atoms with Gasteiger partial charge in [0.2, 0.25) is 11.8 Å². The summed E-state index contributed by atoms with van der Waals surface area (Å²) >= 11 is 0. The van der Waals surface area contributed by atoms with Gasteiger partial charge >= 0.3 is 0 Å². The Kier molecular flexibility index (Phi) is 4.73. The molecule has 1 aromatic heterocycles. The number of benzene rings is 2. The number of nitrogens with two attached hydrogens (primary N) is 1. The smallest absolute Gasteiger partial charge is 0.229 e. The van der Waals surface area contributed by atoms with Gasteiger partial charge in [-0.3, -0.25) is 0 Å². The molecule has 0 aliphatic carbocycles. The van der Waals surface area contributed by atoms with Crippen LogP contribution in [0.25, 0.3) is 5.69 Å². The molecule has 4 rings (SSSR count). The van der Waals surface area contributed by atoms with E-state index in [9.17, 15) is 5.26 Å². The molecular formula is C23H22N4O2. The summed E-state index contributed by atoms with van der Waals surface area (Å²) in [5, 5.41) is 14.5. The van der Waals surface area contributed by atoms with Gasteiger partial charge in [0.15, 0.2) is 0 Å². The van der Waals surface area contributed by atoms with E-state index in [0.29, 0.717) is 18.1 Å². The number of hydrogen-bond donors (Lipinski definition) is 1. The van der Waals surface area contributed by atoms with Crippen LogP contribution in [-0.4, -0.2) is 16.4 Å². The van der Waals surface area contributed by atoms with E-state index in [2.05, 4.69) is 6.07 Å². The molecule has 1 aliphatic heterocycles. The molecule has 0 saturated heterocycles. The topological polar surface area (TPSA) is 86.1 Å². The van der Waals surface area contributed by atoms with Crippen molar-refractivity contribution >= 4 is 0 Å². The first-order chi connectivity index (χ1) is 14.0. The zero-order valence-electron chi connectivity index (χ0n) is 16.6. The van der Waals surface area contributed by atoms with Crippen molar-refractivity contribution in [2.75, 3.05) is 6.61 Å². The Hall–Kier alpha value is -3.72. The molecule has 0 radical (unpaired) electrons. The van der Waals surface area contributed by atoms with E-state index >= 15 is 0 Å². The highest BCUT2D eigenvalue weighted by Gasteiger charge is 2.36. The molecule has 2 heterocycles. The van der Waals surface area contributed by atoms with Gasteiger partial charge in [-0.2, -0.15) is 10.4 Å². The molecule has 0 amide bonds. The zero-order chi connectivity index (χ0) is 20.5. The van der Waals surface area contributed by atoms with Gasteiger partial charge in [-0.15, -0.1) is 0 Å². The third-order valence-electron chi connectivity index (χ3n) is 5.04. The van der Waals surface area contributed by atoms with Crippen molar-refractivity contribution in [3.8, 4) is 23.4 Å². The molecule has 0 fully saturated rings. The van der Waals surface area contributed by atoms with Crippen LogP contribution in [0.1, 0.15) is 35.2 Å². The van der Waals surface area contributed by atoms with Gasteiger partial charge in [-0.05, 0) is 50.6 Å². The summed E-state index contributed by atoms with van der Waals surface area (Å²) in [7, 11) is 0. The van der Waals surface area contributed by atoms with Gasteiger partial charge < -0.3 is 15.2 Å². The van der Waals surface area contributed by atoms with Gasteiger partial charge in [0.25, 0.3) is 0 Å². The number of nitriles is 1. The Morgan fingerprint density at radius 2 is 1.83 bits per heavy atom. The Bertz CT molecular complexity index is 1120. The Labute approximate surface area is 169 Å². The average Bonchev–Trinajstić information content (AvgIpc) is 3.04. The summed E-state index contributed by atoms with van der Waals surface area (Å²) in [6, 6.07) is 17.9. The van der Waals surface area contributed by atoms with Crippen molar-refractivity contribution in [2.24, 2.45) is 5.73 Å². The van der Waals surface area contributed by atoms with Gasteiger partial charge in [0.05, 0.1) is 29.5 Å². The maximum Gasteiger partial charge on any atom is 0.229 e. The fraction of sp³-hybridized carbons (Fsp3) is 0.217. The molecule has 146 valence electrons. The number of aryl methyl sites for hydroxylation is 2. The lowest BCUT2D eigenvalue weighted by atomic mass is 9.84. The molecular weight excluding hydrogens is 364 g/mol. The normalized spacial score (nSPS) is 15.4. The van der Waals surface area contributed by atoms with Crippen molar-refractivity contribution < 1.29 is 9.47 Å². The highest BCUT2D eigenvalue weighted by molar-refractivity contribution is 5.57. The standard InChI is InChI=1S/C23H22N4O2/c1-4-28-18-11-7-16(8-12-18)21-19(13-24)22(25)29-23-20(21)15(3)26-27(23)17-9-5-14(2)6-10-17/h5-12,21H,4,25H2,1-3H3/t21-/m1/s1. The molecule has 2 aromatic carbocycles. The first kappa shape index (κ1) is 18.6. The second-order valence-corrected chi connectivity index (χ2v) is 6.98. The predicted octanol–water partition coefficient (Wildman–Crippen LogP) is 4.11. The molecule has 0 saturated carbocycles. The fourth-order valence-corrected chi connectivity index (χ4v) is 3.63. The molecule has 1 aliphatic rings. The number of aromatic nitrogens is 2. The highest BCUT2D eigenvalue weighted by Crippen LogP contribution is 2.44. The summed E-state index contributed by atoms with van der Waals surface area (Å²) in [6.45, 7) is 6.50. The van der Waals surface area contributed by atoms with Crippen LogP contribution in [0.2, 0.25) is 0 Å². The van der Waals surface area contributed by atoms with Crippen LogP contribution in [0, 0.1) is 25.2 Å². The second kappa shape index (κ2) is 7.36. The van der Waals surface area contributed by atoms with Gasteiger partial charge in [0, 0.05) is 0 Å². The molecule has 6 heteroatoms. The molecule has 0 spiro atoms. The largest absolute Gasteiger partial charge is 0.494 e. The molecule has 0 unspecified atom stereocenters. The van der Waals surface area contributed by atoms with E-state index < -0.39 is 0 Å². The lowest BCUT2D eigenvalue weighted by Crippen LogP contribution is -2.22. The Morgan fingerprint density at radius 3 is 2.45 bits per heavy atom. The minimum absolute atomic E-state index is 0.104. The van der Waals surface area contributed by atoms with E-state index in [-0.39, 0.29) is 11.8 Å².